The van der Waals surface area contributed by atoms with Crippen LogP contribution in [0.1, 0.15) is 46.5 Å². The number of nitrogens with one attached hydrogen (secondary N) is 1. The van der Waals surface area contributed by atoms with E-state index < -0.39 is 0 Å². The minimum absolute atomic E-state index is 0.615. The SMILES string of the molecule is CC(C)NCC1(C)CCCC1. The summed E-state index contributed by atoms with van der Waals surface area (Å²) in [6, 6.07) is 0.646. The first kappa shape index (κ1) is 9.05. The Morgan fingerprint density at radius 2 is 1.82 bits per heavy atom. The van der Waals surface area contributed by atoms with E-state index in [9.17, 15) is 0 Å². The molecule has 0 aromatic rings. The zero-order valence-corrected chi connectivity index (χ0v) is 8.11. The van der Waals surface area contributed by atoms with Gasteiger partial charge in [0.2, 0.25) is 0 Å². The van der Waals surface area contributed by atoms with Crippen molar-refractivity contribution >= 4 is 0 Å². The zero-order valence-electron chi connectivity index (χ0n) is 8.11. The van der Waals surface area contributed by atoms with Gasteiger partial charge in [-0.25, -0.2) is 0 Å². The summed E-state index contributed by atoms with van der Waals surface area (Å²) in [6.07, 6.45) is 5.73. The van der Waals surface area contributed by atoms with Crippen LogP contribution in [0.4, 0.5) is 0 Å². The van der Waals surface area contributed by atoms with E-state index in [0.29, 0.717) is 11.5 Å². The van der Waals surface area contributed by atoms with Gasteiger partial charge in [-0.2, -0.15) is 0 Å². The lowest BCUT2D eigenvalue weighted by atomic mass is 9.89. The molecule has 1 aliphatic carbocycles. The van der Waals surface area contributed by atoms with E-state index >= 15 is 0 Å². The lowest BCUT2D eigenvalue weighted by molar-refractivity contribution is 0.304. The van der Waals surface area contributed by atoms with E-state index in [1.54, 1.807) is 0 Å². The van der Waals surface area contributed by atoms with Crippen LogP contribution >= 0.6 is 0 Å². The Bertz CT molecular complexity index is 112. The molecule has 66 valence electrons. The van der Waals surface area contributed by atoms with Crippen LogP contribution in [0, 0.1) is 5.41 Å². The Morgan fingerprint density at radius 3 is 2.27 bits per heavy atom. The van der Waals surface area contributed by atoms with Crippen LogP contribution in [0.25, 0.3) is 0 Å². The van der Waals surface area contributed by atoms with E-state index in [2.05, 4.69) is 26.1 Å². The second-order valence-corrected chi connectivity index (χ2v) is 4.55. The third-order valence-electron chi connectivity index (χ3n) is 2.75. The van der Waals surface area contributed by atoms with Crippen LogP contribution in [0.2, 0.25) is 0 Å². The highest BCUT2D eigenvalue weighted by atomic mass is 14.9. The maximum atomic E-state index is 3.53. The summed E-state index contributed by atoms with van der Waals surface area (Å²) in [5.41, 5.74) is 0.615. The summed E-state index contributed by atoms with van der Waals surface area (Å²) in [7, 11) is 0. The van der Waals surface area contributed by atoms with Gasteiger partial charge >= 0.3 is 0 Å². The van der Waals surface area contributed by atoms with Crippen molar-refractivity contribution < 1.29 is 0 Å². The second kappa shape index (κ2) is 3.57. The zero-order chi connectivity index (χ0) is 8.32. The molecule has 0 aromatic heterocycles. The van der Waals surface area contributed by atoms with Crippen molar-refractivity contribution in [1.29, 1.82) is 0 Å². The summed E-state index contributed by atoms with van der Waals surface area (Å²) in [5, 5.41) is 3.53. The molecule has 1 saturated carbocycles. The minimum Gasteiger partial charge on any atom is -0.314 e. The third-order valence-corrected chi connectivity index (χ3v) is 2.75. The van der Waals surface area contributed by atoms with Gasteiger partial charge in [-0.05, 0) is 18.3 Å². The highest BCUT2D eigenvalue weighted by Crippen LogP contribution is 2.36. The molecule has 0 atom stereocenters. The monoisotopic (exact) mass is 155 g/mol. The Labute approximate surface area is 70.6 Å². The minimum atomic E-state index is 0.615. The Hall–Kier alpha value is -0.0400. The molecule has 0 saturated heterocycles. The molecule has 1 heteroatoms. The number of hydrogen-bond donors (Lipinski definition) is 1. The average molecular weight is 155 g/mol. The number of rotatable bonds is 3. The topological polar surface area (TPSA) is 12.0 Å². The molecule has 0 aliphatic heterocycles. The summed E-state index contributed by atoms with van der Waals surface area (Å²) >= 11 is 0. The molecule has 1 rings (SSSR count). The molecular formula is C10H21N. The van der Waals surface area contributed by atoms with Crippen molar-refractivity contribution in [2.45, 2.75) is 52.5 Å². The van der Waals surface area contributed by atoms with Crippen molar-refractivity contribution in [2.75, 3.05) is 6.54 Å². The van der Waals surface area contributed by atoms with Gasteiger partial charge in [0.15, 0.2) is 0 Å². The van der Waals surface area contributed by atoms with Crippen molar-refractivity contribution in [3.63, 3.8) is 0 Å². The van der Waals surface area contributed by atoms with Crippen LogP contribution in [-0.4, -0.2) is 12.6 Å². The Kier molecular flexibility index (Phi) is 2.94. The normalized spacial score (nSPS) is 22.9. The van der Waals surface area contributed by atoms with Crippen molar-refractivity contribution in [3.8, 4) is 0 Å². The molecule has 1 fully saturated rings. The fourth-order valence-corrected chi connectivity index (χ4v) is 1.86. The highest BCUT2D eigenvalue weighted by molar-refractivity contribution is 4.82. The standard InChI is InChI=1S/C10H21N/c1-9(2)11-8-10(3)6-4-5-7-10/h9,11H,4-8H2,1-3H3. The highest BCUT2D eigenvalue weighted by Gasteiger charge is 2.27. The van der Waals surface area contributed by atoms with Crippen LogP contribution in [0.3, 0.4) is 0 Å². The van der Waals surface area contributed by atoms with E-state index in [-0.39, 0.29) is 0 Å². The fourth-order valence-electron chi connectivity index (χ4n) is 1.86. The molecule has 0 unspecified atom stereocenters. The largest absolute Gasteiger partial charge is 0.314 e. The average Bonchev–Trinajstić information content (AvgIpc) is 2.33. The van der Waals surface area contributed by atoms with Crippen LogP contribution in [0.5, 0.6) is 0 Å². The van der Waals surface area contributed by atoms with E-state index in [0.717, 1.165) is 0 Å². The van der Waals surface area contributed by atoms with Crippen LogP contribution in [-0.2, 0) is 0 Å². The summed E-state index contributed by atoms with van der Waals surface area (Å²) in [6.45, 7) is 8.07. The summed E-state index contributed by atoms with van der Waals surface area (Å²) in [5.74, 6) is 0. The lowest BCUT2D eigenvalue weighted by Crippen LogP contribution is -2.33. The molecular weight excluding hydrogens is 134 g/mol. The smallest absolute Gasteiger partial charge is 0.00106 e. The molecule has 0 bridgehead atoms. The van der Waals surface area contributed by atoms with Crippen molar-refractivity contribution in [2.24, 2.45) is 5.41 Å². The van der Waals surface area contributed by atoms with Gasteiger partial charge in [-0.3, -0.25) is 0 Å². The molecule has 0 heterocycles. The van der Waals surface area contributed by atoms with Crippen molar-refractivity contribution in [3.05, 3.63) is 0 Å². The van der Waals surface area contributed by atoms with Crippen LogP contribution in [0.15, 0.2) is 0 Å². The summed E-state index contributed by atoms with van der Waals surface area (Å²) in [4.78, 5) is 0. The predicted octanol–water partition coefficient (Wildman–Crippen LogP) is 2.56. The molecule has 0 spiro atoms. The molecule has 1 aliphatic rings. The quantitative estimate of drug-likeness (QED) is 0.660. The first-order valence-corrected chi connectivity index (χ1v) is 4.86. The summed E-state index contributed by atoms with van der Waals surface area (Å²) < 4.78 is 0. The Balaban J connectivity index is 2.23. The van der Waals surface area contributed by atoms with Gasteiger partial charge in [0.1, 0.15) is 0 Å². The maximum absolute atomic E-state index is 3.53. The van der Waals surface area contributed by atoms with E-state index in [1.165, 1.54) is 32.2 Å². The van der Waals surface area contributed by atoms with E-state index in [1.807, 2.05) is 0 Å². The molecule has 0 aromatic carbocycles. The predicted molar refractivity (Wildman–Crippen MR) is 49.7 cm³/mol. The molecule has 11 heavy (non-hydrogen) atoms. The first-order chi connectivity index (χ1) is 5.12. The lowest BCUT2D eigenvalue weighted by Gasteiger charge is -2.25. The van der Waals surface area contributed by atoms with Gasteiger partial charge in [-0.15, -0.1) is 0 Å². The van der Waals surface area contributed by atoms with E-state index in [4.69, 9.17) is 0 Å². The van der Waals surface area contributed by atoms with Crippen LogP contribution < -0.4 is 5.32 Å². The first-order valence-electron chi connectivity index (χ1n) is 4.86. The van der Waals surface area contributed by atoms with Gasteiger partial charge in [0.25, 0.3) is 0 Å². The fraction of sp³-hybridized carbons (Fsp3) is 1.00. The molecule has 0 radical (unpaired) electrons. The van der Waals surface area contributed by atoms with Crippen molar-refractivity contribution in [1.82, 2.24) is 5.32 Å². The number of hydrogen-bond acceptors (Lipinski definition) is 1. The van der Waals surface area contributed by atoms with Gasteiger partial charge in [-0.1, -0.05) is 33.6 Å². The molecule has 1 N–H and O–H groups in total. The molecule has 0 amide bonds. The van der Waals surface area contributed by atoms with Gasteiger partial charge in [0.05, 0.1) is 0 Å². The van der Waals surface area contributed by atoms with Gasteiger partial charge in [0, 0.05) is 12.6 Å². The third kappa shape index (κ3) is 2.82. The molecule has 1 nitrogen and oxygen atoms in total. The second-order valence-electron chi connectivity index (χ2n) is 4.55. The Morgan fingerprint density at radius 1 is 1.27 bits per heavy atom. The van der Waals surface area contributed by atoms with Gasteiger partial charge < -0.3 is 5.32 Å². The maximum Gasteiger partial charge on any atom is 0.00106 e.